The second kappa shape index (κ2) is 8.84. The summed E-state index contributed by atoms with van der Waals surface area (Å²) in [6.07, 6.45) is 0.562. The topological polar surface area (TPSA) is 98.0 Å². The molecule has 1 fully saturated rings. The Morgan fingerprint density at radius 1 is 0.833 bits per heavy atom. The van der Waals surface area contributed by atoms with Crippen LogP contribution in [0, 0.1) is 0 Å². The van der Waals surface area contributed by atoms with Crippen LogP contribution in [0.1, 0.15) is 23.6 Å². The number of hydrogen-bond acceptors (Lipinski definition) is 7. The molecule has 0 spiro atoms. The highest BCUT2D eigenvalue weighted by atomic mass is 16.2. The van der Waals surface area contributed by atoms with Gasteiger partial charge in [0.2, 0.25) is 0 Å². The van der Waals surface area contributed by atoms with Gasteiger partial charge in [0.05, 0.1) is 17.4 Å². The molecule has 9 nitrogen and oxygen atoms in total. The molecule has 0 aliphatic carbocycles. The summed E-state index contributed by atoms with van der Waals surface area (Å²) in [5.74, 6) is -1.21. The molecule has 9 heteroatoms. The molecule has 3 amide bonds. The predicted molar refractivity (Wildman–Crippen MR) is 132 cm³/mol. The van der Waals surface area contributed by atoms with Crippen molar-refractivity contribution in [2.45, 2.75) is 24.5 Å². The van der Waals surface area contributed by atoms with Gasteiger partial charge in [-0.25, -0.2) is 9.91 Å². The molecule has 6 rings (SSSR count). The highest BCUT2D eigenvalue weighted by molar-refractivity contribution is 6.25. The maximum absolute atomic E-state index is 13.6. The van der Waals surface area contributed by atoms with Crippen LogP contribution in [0.3, 0.4) is 0 Å². The van der Waals surface area contributed by atoms with Crippen molar-refractivity contribution >= 4 is 29.1 Å². The third-order valence-corrected chi connectivity index (χ3v) is 6.63. The van der Waals surface area contributed by atoms with Crippen LogP contribution in [0.5, 0.6) is 0 Å². The summed E-state index contributed by atoms with van der Waals surface area (Å²) in [5, 5.41) is 15.5. The number of carbonyl (C=O) groups is 3. The third kappa shape index (κ3) is 3.65. The van der Waals surface area contributed by atoms with E-state index in [2.05, 4.69) is 15.4 Å². The van der Waals surface area contributed by atoms with E-state index in [0.29, 0.717) is 12.1 Å². The van der Waals surface area contributed by atoms with Crippen LogP contribution in [-0.2, 0) is 14.4 Å². The number of hydrogen-bond donors (Lipinski definition) is 0. The van der Waals surface area contributed by atoms with Crippen LogP contribution >= 0.6 is 0 Å². The van der Waals surface area contributed by atoms with E-state index in [1.165, 1.54) is 10.0 Å². The molecule has 3 aliphatic rings. The van der Waals surface area contributed by atoms with Gasteiger partial charge in [0.25, 0.3) is 17.7 Å². The maximum Gasteiger partial charge on any atom is 0.264 e. The molecular formula is C27H22N6O3. The van der Waals surface area contributed by atoms with E-state index in [9.17, 15) is 14.4 Å². The Kier molecular flexibility index (Phi) is 5.37. The first-order valence-corrected chi connectivity index (χ1v) is 11.7. The molecule has 3 aromatic carbocycles. The van der Waals surface area contributed by atoms with E-state index in [0.717, 1.165) is 21.7 Å². The summed E-state index contributed by atoms with van der Waals surface area (Å²) in [5.41, 5.74) is 3.19. The number of imide groups is 1. The highest BCUT2D eigenvalue weighted by Crippen LogP contribution is 2.35. The summed E-state index contributed by atoms with van der Waals surface area (Å²) >= 11 is 0. The van der Waals surface area contributed by atoms with Gasteiger partial charge in [0.1, 0.15) is 6.54 Å². The Hall–Kier alpha value is -4.66. The Morgan fingerprint density at radius 3 is 2.17 bits per heavy atom. The van der Waals surface area contributed by atoms with Gasteiger partial charge in [-0.05, 0) is 23.3 Å². The predicted octanol–water partition coefficient (Wildman–Crippen LogP) is 3.36. The number of rotatable bonds is 5. The van der Waals surface area contributed by atoms with Crippen LogP contribution in [0.25, 0.3) is 0 Å². The fraction of sp³-hybridized carbons (Fsp3) is 0.185. The molecule has 1 saturated heterocycles. The summed E-state index contributed by atoms with van der Waals surface area (Å²) in [6.45, 7) is -0.221. The molecule has 3 unspecified atom stereocenters. The number of anilines is 1. The highest BCUT2D eigenvalue weighted by Gasteiger charge is 2.55. The molecule has 178 valence electrons. The lowest BCUT2D eigenvalue weighted by molar-refractivity contribution is -0.135. The van der Waals surface area contributed by atoms with Crippen molar-refractivity contribution in [3.8, 4) is 0 Å². The maximum atomic E-state index is 13.6. The minimum atomic E-state index is -0.961. The van der Waals surface area contributed by atoms with Crippen LogP contribution in [-0.4, -0.2) is 52.1 Å². The molecule has 0 saturated carbocycles. The molecule has 0 N–H and O–H groups in total. The lowest BCUT2D eigenvalue weighted by Crippen LogP contribution is -2.44. The van der Waals surface area contributed by atoms with Crippen molar-refractivity contribution in [3.05, 3.63) is 102 Å². The minimum Gasteiger partial charge on any atom is -0.271 e. The van der Waals surface area contributed by atoms with E-state index in [1.54, 1.807) is 24.3 Å². The Balaban J connectivity index is 1.26. The van der Waals surface area contributed by atoms with Crippen molar-refractivity contribution in [2.75, 3.05) is 11.4 Å². The molecule has 3 aromatic rings. The van der Waals surface area contributed by atoms with Crippen LogP contribution < -0.4 is 4.90 Å². The summed E-state index contributed by atoms with van der Waals surface area (Å²) < 4.78 is 0. The van der Waals surface area contributed by atoms with E-state index < -0.39 is 23.9 Å². The third-order valence-electron chi connectivity index (χ3n) is 6.63. The number of benzene rings is 3. The van der Waals surface area contributed by atoms with Gasteiger partial charge in [0.15, 0.2) is 12.1 Å². The smallest absolute Gasteiger partial charge is 0.264 e. The molecule has 3 atom stereocenters. The normalized spacial score (nSPS) is 22.8. The Labute approximate surface area is 207 Å². The van der Waals surface area contributed by atoms with Gasteiger partial charge >= 0.3 is 0 Å². The van der Waals surface area contributed by atoms with Crippen molar-refractivity contribution in [3.63, 3.8) is 0 Å². The summed E-state index contributed by atoms with van der Waals surface area (Å²) in [6, 6.07) is 26.0. The quantitative estimate of drug-likeness (QED) is 0.525. The molecule has 0 aromatic heterocycles. The van der Waals surface area contributed by atoms with Crippen molar-refractivity contribution in [1.82, 2.24) is 10.0 Å². The number of para-hydroxylation sites is 1. The second-order valence-electron chi connectivity index (χ2n) is 8.82. The average Bonchev–Trinajstić information content (AvgIpc) is 3.61. The molecule has 3 aliphatic heterocycles. The zero-order chi connectivity index (χ0) is 24.6. The van der Waals surface area contributed by atoms with E-state index >= 15 is 0 Å². The standard InChI is InChI=1S/C27H22N6O3/c34-23(17-31-25-24(28-30-31)26(35)32(27(25)36)20-14-8-3-9-15-20)33-22(19-12-6-2-7-13-19)16-21(29-33)18-10-4-1-5-11-18/h1-15,22,24-25H,16-17H2. The monoisotopic (exact) mass is 478 g/mol. The van der Waals surface area contributed by atoms with E-state index in [4.69, 9.17) is 0 Å². The van der Waals surface area contributed by atoms with E-state index in [1.807, 2.05) is 66.7 Å². The van der Waals surface area contributed by atoms with Gasteiger partial charge < -0.3 is 0 Å². The second-order valence-corrected chi connectivity index (χ2v) is 8.82. The van der Waals surface area contributed by atoms with Gasteiger partial charge in [-0.1, -0.05) is 84.1 Å². The van der Waals surface area contributed by atoms with Gasteiger partial charge in [-0.3, -0.25) is 19.4 Å². The van der Waals surface area contributed by atoms with Crippen LogP contribution in [0.2, 0.25) is 0 Å². The lowest BCUT2D eigenvalue weighted by Gasteiger charge is -2.25. The average molecular weight is 479 g/mol. The van der Waals surface area contributed by atoms with Crippen LogP contribution in [0.15, 0.2) is 106 Å². The minimum absolute atomic E-state index is 0.221. The fourth-order valence-corrected chi connectivity index (χ4v) is 4.88. The van der Waals surface area contributed by atoms with Gasteiger partial charge in [0, 0.05) is 6.42 Å². The first-order valence-electron chi connectivity index (χ1n) is 11.7. The molecule has 3 heterocycles. The number of hydrazone groups is 1. The van der Waals surface area contributed by atoms with Gasteiger partial charge in [-0.15, -0.1) is 0 Å². The van der Waals surface area contributed by atoms with E-state index in [-0.39, 0.29) is 18.5 Å². The van der Waals surface area contributed by atoms with Crippen molar-refractivity contribution < 1.29 is 14.4 Å². The number of fused-ring (bicyclic) bond motifs is 1. The first-order chi connectivity index (χ1) is 17.6. The summed E-state index contributed by atoms with van der Waals surface area (Å²) in [7, 11) is 0. The summed E-state index contributed by atoms with van der Waals surface area (Å²) in [4.78, 5) is 40.8. The Bertz CT molecular complexity index is 1380. The number of amides is 3. The molecule has 0 bridgehead atoms. The largest absolute Gasteiger partial charge is 0.271 e. The molecule has 0 radical (unpaired) electrons. The lowest BCUT2D eigenvalue weighted by atomic mass is 9.98. The molecule has 36 heavy (non-hydrogen) atoms. The SMILES string of the molecule is O=C1C2N=NN(CC(=O)N3N=C(c4ccccc4)CC3c3ccccc3)C2C(=O)N1c1ccccc1. The fourth-order valence-electron chi connectivity index (χ4n) is 4.88. The number of carbonyl (C=O) groups excluding carboxylic acids is 3. The van der Waals surface area contributed by atoms with Gasteiger partial charge in [-0.2, -0.15) is 10.2 Å². The zero-order valence-electron chi connectivity index (χ0n) is 19.2. The Morgan fingerprint density at radius 2 is 1.47 bits per heavy atom. The first kappa shape index (κ1) is 21.8. The van der Waals surface area contributed by atoms with Crippen LogP contribution in [0.4, 0.5) is 5.69 Å². The number of nitrogens with zero attached hydrogens (tertiary/aromatic N) is 6. The van der Waals surface area contributed by atoms with Crippen molar-refractivity contribution in [2.24, 2.45) is 15.4 Å². The van der Waals surface area contributed by atoms with Crippen molar-refractivity contribution in [1.29, 1.82) is 0 Å². The zero-order valence-corrected chi connectivity index (χ0v) is 19.2. The molecular weight excluding hydrogens is 456 g/mol.